The van der Waals surface area contributed by atoms with Crippen molar-refractivity contribution in [2.75, 3.05) is 0 Å². The molecule has 0 saturated heterocycles. The van der Waals surface area contributed by atoms with Crippen molar-refractivity contribution in [2.45, 2.75) is 12.2 Å². The van der Waals surface area contributed by atoms with E-state index in [9.17, 15) is 15.3 Å². The molecule has 0 radical (unpaired) electrons. The number of hydrogen-bond acceptors (Lipinski definition) is 3. The van der Waals surface area contributed by atoms with Crippen LogP contribution in [-0.2, 0) is 0 Å². The summed E-state index contributed by atoms with van der Waals surface area (Å²) in [4.78, 5) is 0. The van der Waals surface area contributed by atoms with E-state index in [0.717, 1.165) is 0 Å². The summed E-state index contributed by atoms with van der Waals surface area (Å²) < 4.78 is 0. The first-order valence-corrected chi connectivity index (χ1v) is 4.54. The minimum Gasteiger partial charge on any atom is -0.507 e. The Hall–Kier alpha value is -1.58. The summed E-state index contributed by atoms with van der Waals surface area (Å²) in [6, 6.07) is 4.78. The van der Waals surface area contributed by atoms with E-state index < -0.39 is 12.2 Å². The van der Waals surface area contributed by atoms with Crippen LogP contribution in [0.1, 0.15) is 23.3 Å². The molecule has 3 heteroatoms. The summed E-state index contributed by atoms with van der Waals surface area (Å²) in [7, 11) is 0. The molecular weight excluding hydrogens is 192 g/mol. The molecule has 3 N–H and O–H groups in total. The number of aliphatic hydroxyl groups is 2. The third-order valence-electron chi connectivity index (χ3n) is 2.18. The van der Waals surface area contributed by atoms with Gasteiger partial charge in [0.15, 0.2) is 0 Å². The van der Waals surface area contributed by atoms with Gasteiger partial charge in [-0.2, -0.15) is 0 Å². The number of phenols is 1. The van der Waals surface area contributed by atoms with Gasteiger partial charge >= 0.3 is 0 Å². The van der Waals surface area contributed by atoms with E-state index in [4.69, 9.17) is 0 Å². The molecule has 0 bridgehead atoms. The lowest BCUT2D eigenvalue weighted by atomic mass is 10.0. The fraction of sp³-hybridized carbons (Fsp3) is 0.167. The molecule has 0 spiro atoms. The number of phenolic OH excluding ortho intramolecular Hbond substituents is 1. The van der Waals surface area contributed by atoms with E-state index in [1.807, 2.05) is 0 Å². The van der Waals surface area contributed by atoms with Crippen LogP contribution in [0.2, 0.25) is 0 Å². The van der Waals surface area contributed by atoms with Gasteiger partial charge in [0.25, 0.3) is 0 Å². The predicted octanol–water partition coefficient (Wildman–Crippen LogP) is 1.83. The van der Waals surface area contributed by atoms with Gasteiger partial charge in [0.1, 0.15) is 18.0 Å². The average Bonchev–Trinajstić information content (AvgIpc) is 2.27. The van der Waals surface area contributed by atoms with Crippen molar-refractivity contribution in [3.63, 3.8) is 0 Å². The summed E-state index contributed by atoms with van der Waals surface area (Å²) in [5, 5.41) is 28.8. The lowest BCUT2D eigenvalue weighted by Crippen LogP contribution is -1.99. The van der Waals surface area contributed by atoms with Crippen molar-refractivity contribution >= 4 is 0 Å². The molecule has 15 heavy (non-hydrogen) atoms. The number of aromatic hydroxyl groups is 1. The third kappa shape index (κ3) is 2.26. The van der Waals surface area contributed by atoms with Gasteiger partial charge < -0.3 is 15.3 Å². The molecule has 0 amide bonds. The van der Waals surface area contributed by atoms with Crippen LogP contribution in [0.5, 0.6) is 5.75 Å². The normalized spacial score (nSPS) is 14.3. The van der Waals surface area contributed by atoms with Crippen molar-refractivity contribution in [1.29, 1.82) is 0 Å². The van der Waals surface area contributed by atoms with E-state index >= 15 is 0 Å². The highest BCUT2D eigenvalue weighted by Crippen LogP contribution is 2.32. The molecule has 80 valence electrons. The molecular formula is C12H14O3. The Morgan fingerprint density at radius 3 is 1.73 bits per heavy atom. The molecule has 2 atom stereocenters. The highest BCUT2D eigenvalue weighted by molar-refractivity contribution is 5.44. The molecule has 1 rings (SSSR count). The van der Waals surface area contributed by atoms with Crippen LogP contribution in [0, 0.1) is 0 Å². The number of benzene rings is 1. The summed E-state index contributed by atoms with van der Waals surface area (Å²) in [5.74, 6) is -0.127. The lowest BCUT2D eigenvalue weighted by molar-refractivity contribution is 0.213. The van der Waals surface area contributed by atoms with Crippen molar-refractivity contribution in [3.05, 3.63) is 54.6 Å². The maximum Gasteiger partial charge on any atom is 0.127 e. The maximum absolute atomic E-state index is 9.78. The summed E-state index contributed by atoms with van der Waals surface area (Å²) in [6.07, 6.45) is 0.724. The number of para-hydroxylation sites is 1. The Morgan fingerprint density at radius 2 is 1.40 bits per heavy atom. The molecule has 1 aromatic carbocycles. The van der Waals surface area contributed by atoms with Gasteiger partial charge in [0.2, 0.25) is 0 Å². The largest absolute Gasteiger partial charge is 0.507 e. The Balaban J connectivity index is 3.22. The van der Waals surface area contributed by atoms with Gasteiger partial charge in [-0.25, -0.2) is 0 Å². The molecule has 0 saturated carbocycles. The first-order chi connectivity index (χ1) is 7.11. The number of rotatable bonds is 4. The summed E-state index contributed by atoms with van der Waals surface area (Å²) in [5.41, 5.74) is 0.645. The molecule has 0 aliphatic rings. The first kappa shape index (κ1) is 11.5. The van der Waals surface area contributed by atoms with Gasteiger partial charge in [-0.15, -0.1) is 13.2 Å². The predicted molar refractivity (Wildman–Crippen MR) is 58.4 cm³/mol. The van der Waals surface area contributed by atoms with Crippen molar-refractivity contribution in [1.82, 2.24) is 0 Å². The fourth-order valence-electron chi connectivity index (χ4n) is 1.31. The minimum absolute atomic E-state index is 0.127. The van der Waals surface area contributed by atoms with E-state index in [1.165, 1.54) is 12.2 Å². The van der Waals surface area contributed by atoms with Crippen molar-refractivity contribution in [3.8, 4) is 5.75 Å². The zero-order chi connectivity index (χ0) is 11.4. The van der Waals surface area contributed by atoms with Crippen LogP contribution in [0.25, 0.3) is 0 Å². The standard InChI is InChI=1S/C12H14O3/c1-3-10(13)8-6-5-7-9(12(8)15)11(14)4-2/h3-7,10-11,13-15H,1-2H2. The van der Waals surface area contributed by atoms with Crippen molar-refractivity contribution in [2.24, 2.45) is 0 Å². The van der Waals surface area contributed by atoms with E-state index in [1.54, 1.807) is 18.2 Å². The molecule has 0 aliphatic heterocycles. The summed E-state index contributed by atoms with van der Waals surface area (Å²) in [6.45, 7) is 6.86. The van der Waals surface area contributed by atoms with Crippen LogP contribution >= 0.6 is 0 Å². The van der Waals surface area contributed by atoms with Crippen LogP contribution in [-0.4, -0.2) is 15.3 Å². The Morgan fingerprint density at radius 1 is 1.00 bits per heavy atom. The smallest absolute Gasteiger partial charge is 0.127 e. The van der Waals surface area contributed by atoms with Gasteiger partial charge in [-0.05, 0) is 0 Å². The Kier molecular flexibility index (Phi) is 3.66. The molecule has 0 aromatic heterocycles. The second-order valence-corrected chi connectivity index (χ2v) is 3.15. The summed E-state index contributed by atoms with van der Waals surface area (Å²) >= 11 is 0. The van der Waals surface area contributed by atoms with Gasteiger partial charge in [-0.3, -0.25) is 0 Å². The van der Waals surface area contributed by atoms with Crippen LogP contribution in [0.15, 0.2) is 43.5 Å². The highest BCUT2D eigenvalue weighted by atomic mass is 16.3. The molecule has 1 aromatic rings. The Bertz CT molecular complexity index is 339. The zero-order valence-electron chi connectivity index (χ0n) is 8.30. The van der Waals surface area contributed by atoms with Crippen LogP contribution < -0.4 is 0 Å². The van der Waals surface area contributed by atoms with E-state index in [-0.39, 0.29) is 5.75 Å². The molecule has 0 fully saturated rings. The van der Waals surface area contributed by atoms with Gasteiger partial charge in [0, 0.05) is 11.1 Å². The van der Waals surface area contributed by atoms with Crippen molar-refractivity contribution < 1.29 is 15.3 Å². The minimum atomic E-state index is -0.943. The average molecular weight is 206 g/mol. The topological polar surface area (TPSA) is 60.7 Å². The monoisotopic (exact) mass is 206 g/mol. The SMILES string of the molecule is C=CC(O)c1cccc(C(O)C=C)c1O. The molecule has 0 heterocycles. The number of aliphatic hydroxyl groups excluding tert-OH is 2. The second kappa shape index (κ2) is 4.77. The first-order valence-electron chi connectivity index (χ1n) is 4.54. The van der Waals surface area contributed by atoms with Gasteiger partial charge in [0.05, 0.1) is 0 Å². The van der Waals surface area contributed by atoms with E-state index in [0.29, 0.717) is 11.1 Å². The Labute approximate surface area is 88.6 Å². The van der Waals surface area contributed by atoms with E-state index in [2.05, 4.69) is 13.2 Å². The molecule has 0 aliphatic carbocycles. The fourth-order valence-corrected chi connectivity index (χ4v) is 1.31. The number of hydrogen-bond donors (Lipinski definition) is 3. The van der Waals surface area contributed by atoms with Crippen LogP contribution in [0.4, 0.5) is 0 Å². The maximum atomic E-state index is 9.78. The van der Waals surface area contributed by atoms with Crippen LogP contribution in [0.3, 0.4) is 0 Å². The van der Waals surface area contributed by atoms with Gasteiger partial charge in [-0.1, -0.05) is 30.4 Å². The molecule has 3 nitrogen and oxygen atoms in total. The molecule has 2 unspecified atom stereocenters. The second-order valence-electron chi connectivity index (χ2n) is 3.15. The lowest BCUT2D eigenvalue weighted by Gasteiger charge is -2.14. The highest BCUT2D eigenvalue weighted by Gasteiger charge is 2.15. The third-order valence-corrected chi connectivity index (χ3v) is 2.18. The zero-order valence-corrected chi connectivity index (χ0v) is 8.30. The quantitative estimate of drug-likeness (QED) is 0.659.